The van der Waals surface area contributed by atoms with E-state index in [4.69, 9.17) is 0 Å². The minimum atomic E-state index is -4.53. The first-order chi connectivity index (χ1) is 18.4. The number of aromatic nitrogens is 2. The van der Waals surface area contributed by atoms with Crippen molar-refractivity contribution < 1.29 is 35.9 Å². The van der Waals surface area contributed by atoms with Crippen molar-refractivity contribution >= 4 is 11.9 Å². The monoisotopic (exact) mass is 557 g/mol. The molecule has 2 aliphatic heterocycles. The van der Waals surface area contributed by atoms with E-state index in [1.54, 1.807) is 10.7 Å². The number of carbonyl (C=O) groups is 2. The molecule has 5 rings (SSSR count). The fourth-order valence-corrected chi connectivity index (χ4v) is 5.73. The summed E-state index contributed by atoms with van der Waals surface area (Å²) in [6, 6.07) is 3.76. The lowest BCUT2D eigenvalue weighted by Crippen LogP contribution is -2.47. The number of alkyl halides is 6. The fraction of sp³-hybridized carbons (Fsp3) is 0.577. The zero-order valence-electron chi connectivity index (χ0n) is 21.1. The van der Waals surface area contributed by atoms with Crippen LogP contribution in [0.15, 0.2) is 30.5 Å². The van der Waals surface area contributed by atoms with E-state index in [1.165, 1.54) is 28.1 Å². The number of hydrogen-bond acceptors (Lipinski definition) is 3. The number of likely N-dealkylation sites (tertiary alicyclic amines) is 2. The van der Waals surface area contributed by atoms with Gasteiger partial charge in [0.25, 0.3) is 5.91 Å². The van der Waals surface area contributed by atoms with Gasteiger partial charge in [0.15, 0.2) is 0 Å². The van der Waals surface area contributed by atoms with E-state index in [9.17, 15) is 35.9 Å². The highest BCUT2D eigenvalue weighted by atomic mass is 19.4. The Labute approximate surface area is 221 Å². The summed E-state index contributed by atoms with van der Waals surface area (Å²) in [7, 11) is 0. The Bertz CT molecular complexity index is 1210. The number of benzene rings is 1. The highest BCUT2D eigenvalue weighted by molar-refractivity contribution is 5.96. The molecule has 0 spiro atoms. The van der Waals surface area contributed by atoms with E-state index in [2.05, 4.69) is 5.10 Å². The average molecular weight is 558 g/mol. The van der Waals surface area contributed by atoms with Gasteiger partial charge in [-0.1, -0.05) is 18.2 Å². The van der Waals surface area contributed by atoms with Crippen molar-refractivity contribution in [3.8, 4) is 0 Å². The van der Waals surface area contributed by atoms with E-state index in [0.717, 1.165) is 24.6 Å². The third-order valence-corrected chi connectivity index (χ3v) is 7.70. The average Bonchev–Trinajstić information content (AvgIpc) is 3.44. The van der Waals surface area contributed by atoms with Gasteiger partial charge in [-0.25, -0.2) is 4.79 Å². The number of rotatable bonds is 5. The maximum Gasteiger partial charge on any atom is 0.416 e. The van der Waals surface area contributed by atoms with Crippen molar-refractivity contribution in [2.24, 2.45) is 0 Å². The van der Waals surface area contributed by atoms with Gasteiger partial charge in [-0.3, -0.25) is 9.48 Å². The van der Waals surface area contributed by atoms with Crippen LogP contribution in [0.25, 0.3) is 0 Å². The van der Waals surface area contributed by atoms with Crippen molar-refractivity contribution in [1.82, 2.24) is 24.9 Å². The maximum absolute atomic E-state index is 13.8. The first-order valence-electron chi connectivity index (χ1n) is 13.1. The van der Waals surface area contributed by atoms with Gasteiger partial charge in [-0.15, -0.1) is 0 Å². The number of piperidine rings is 1. The molecular formula is C26H29F6N5O2. The van der Waals surface area contributed by atoms with Crippen LogP contribution in [0.1, 0.15) is 83.7 Å². The Kier molecular flexibility index (Phi) is 7.27. The molecule has 212 valence electrons. The summed E-state index contributed by atoms with van der Waals surface area (Å²) < 4.78 is 80.3. The van der Waals surface area contributed by atoms with Crippen molar-refractivity contribution in [1.29, 1.82) is 0 Å². The van der Waals surface area contributed by atoms with Crippen LogP contribution in [-0.2, 0) is 6.18 Å². The molecule has 1 saturated carbocycles. The van der Waals surface area contributed by atoms with Crippen molar-refractivity contribution in [2.75, 3.05) is 26.2 Å². The summed E-state index contributed by atoms with van der Waals surface area (Å²) in [6.45, 7) is -0.572. The molecule has 0 radical (unpaired) electrons. The molecule has 2 saturated heterocycles. The summed E-state index contributed by atoms with van der Waals surface area (Å²) >= 11 is 0. The lowest BCUT2D eigenvalue weighted by Gasteiger charge is -2.33. The van der Waals surface area contributed by atoms with E-state index in [-0.39, 0.29) is 36.5 Å². The Morgan fingerprint density at radius 1 is 0.949 bits per heavy atom. The summed E-state index contributed by atoms with van der Waals surface area (Å²) in [6.07, 6.45) is -3.87. The van der Waals surface area contributed by atoms with Gasteiger partial charge in [0, 0.05) is 25.6 Å². The zero-order chi connectivity index (χ0) is 27.9. The molecule has 3 aliphatic rings. The van der Waals surface area contributed by atoms with Crippen LogP contribution in [0.2, 0.25) is 0 Å². The largest absolute Gasteiger partial charge is 0.416 e. The first kappa shape index (κ1) is 27.3. The summed E-state index contributed by atoms with van der Waals surface area (Å²) in [5.74, 6) is -0.227. The van der Waals surface area contributed by atoms with Gasteiger partial charge in [0.1, 0.15) is 6.54 Å². The SMILES string of the molecule is O=C(NCC(F)(F)F)N1CCC(n2ncc(C(=O)N3CCCC3c3ccccc3C(F)(F)F)c2C2CC2)CC1. The highest BCUT2D eigenvalue weighted by Gasteiger charge is 2.42. The second-order valence-electron chi connectivity index (χ2n) is 10.4. The number of nitrogens with zero attached hydrogens (tertiary/aromatic N) is 4. The second-order valence-corrected chi connectivity index (χ2v) is 10.4. The number of hydrogen-bond donors (Lipinski definition) is 1. The number of nitrogens with one attached hydrogen (secondary N) is 1. The molecule has 0 bridgehead atoms. The van der Waals surface area contributed by atoms with Crippen LogP contribution in [0.3, 0.4) is 0 Å². The molecule has 39 heavy (non-hydrogen) atoms. The maximum atomic E-state index is 13.8. The van der Waals surface area contributed by atoms with Crippen LogP contribution in [0.5, 0.6) is 0 Å². The van der Waals surface area contributed by atoms with Gasteiger partial charge in [0.2, 0.25) is 0 Å². The van der Waals surface area contributed by atoms with Crippen molar-refractivity contribution in [3.63, 3.8) is 0 Å². The normalized spacial score (nSPS) is 20.9. The lowest BCUT2D eigenvalue weighted by molar-refractivity contribution is -0.138. The second kappa shape index (κ2) is 10.4. The molecule has 1 atom stereocenters. The molecule has 7 nitrogen and oxygen atoms in total. The van der Waals surface area contributed by atoms with Crippen molar-refractivity contribution in [3.05, 3.63) is 52.8 Å². The molecule has 13 heteroatoms. The number of amides is 3. The summed E-state index contributed by atoms with van der Waals surface area (Å²) in [4.78, 5) is 28.7. The molecular weight excluding hydrogens is 528 g/mol. The molecule has 3 amide bonds. The topological polar surface area (TPSA) is 70.5 Å². The van der Waals surface area contributed by atoms with Gasteiger partial charge >= 0.3 is 18.4 Å². The highest BCUT2D eigenvalue weighted by Crippen LogP contribution is 2.45. The summed E-state index contributed by atoms with van der Waals surface area (Å²) in [5, 5.41) is 6.39. The molecule has 1 aromatic heterocycles. The standard InChI is InChI=1S/C26H29F6N5O2/c27-25(28,29)15-33-24(39)35-12-9-17(10-13-35)37-22(16-7-8-16)19(14-34-37)23(38)36-11-3-6-21(36)18-4-1-2-5-20(18)26(30,31)32/h1-2,4-5,14,16-17,21H,3,6-13,15H2,(H,33,39). The van der Waals surface area contributed by atoms with E-state index in [1.807, 2.05) is 5.32 Å². The van der Waals surface area contributed by atoms with Gasteiger partial charge in [-0.2, -0.15) is 31.4 Å². The smallest absolute Gasteiger partial charge is 0.331 e. The van der Waals surface area contributed by atoms with Gasteiger partial charge in [-0.05, 0) is 50.2 Å². The summed E-state index contributed by atoms with van der Waals surface area (Å²) in [5.41, 5.74) is 0.500. The third-order valence-electron chi connectivity index (χ3n) is 7.70. The van der Waals surface area contributed by atoms with Gasteiger partial charge in [0.05, 0.1) is 35.1 Å². The van der Waals surface area contributed by atoms with Crippen LogP contribution in [0, 0.1) is 0 Å². The van der Waals surface area contributed by atoms with Crippen LogP contribution < -0.4 is 5.32 Å². The van der Waals surface area contributed by atoms with Crippen molar-refractivity contribution in [2.45, 2.75) is 68.9 Å². The molecule has 3 heterocycles. The predicted octanol–water partition coefficient (Wildman–Crippen LogP) is 5.67. The van der Waals surface area contributed by atoms with Gasteiger partial charge < -0.3 is 15.1 Å². The lowest BCUT2D eigenvalue weighted by atomic mass is 9.97. The number of carbonyl (C=O) groups excluding carboxylic acids is 2. The van der Waals surface area contributed by atoms with E-state index in [0.29, 0.717) is 37.8 Å². The van der Waals surface area contributed by atoms with Crippen LogP contribution >= 0.6 is 0 Å². The minimum absolute atomic E-state index is 0.0902. The Morgan fingerprint density at radius 3 is 2.28 bits per heavy atom. The predicted molar refractivity (Wildman–Crippen MR) is 128 cm³/mol. The quantitative estimate of drug-likeness (QED) is 0.482. The fourth-order valence-electron chi connectivity index (χ4n) is 5.73. The molecule has 1 unspecified atom stereocenters. The first-order valence-corrected chi connectivity index (χ1v) is 13.1. The van der Waals surface area contributed by atoms with Crippen LogP contribution in [-0.4, -0.2) is 63.9 Å². The molecule has 1 aromatic carbocycles. The number of halogens is 6. The Balaban J connectivity index is 1.33. The molecule has 1 aliphatic carbocycles. The minimum Gasteiger partial charge on any atom is -0.331 e. The van der Waals surface area contributed by atoms with E-state index < -0.39 is 36.5 Å². The van der Waals surface area contributed by atoms with E-state index >= 15 is 0 Å². The Morgan fingerprint density at radius 2 is 1.64 bits per heavy atom. The Hall–Kier alpha value is -3.25. The zero-order valence-corrected chi connectivity index (χ0v) is 21.1. The molecule has 2 aromatic rings. The molecule has 1 N–H and O–H groups in total. The third kappa shape index (κ3) is 5.86. The number of urea groups is 1. The molecule has 3 fully saturated rings. The van der Waals surface area contributed by atoms with Crippen LogP contribution in [0.4, 0.5) is 31.1 Å².